The number of nitrogens with zero attached hydrogens (tertiary/aromatic N) is 3. The van der Waals surface area contributed by atoms with Crippen LogP contribution in [0, 0.1) is 0 Å². The molecule has 13 aliphatic rings. The summed E-state index contributed by atoms with van der Waals surface area (Å²) in [4.78, 5) is 5.17. The minimum Gasteiger partial charge on any atom is -0.493 e. The van der Waals surface area contributed by atoms with E-state index in [0.717, 1.165) is 84.6 Å². The molecule has 0 atom stereocenters. The van der Waals surface area contributed by atoms with Crippen LogP contribution < -0.4 is 9.47 Å². The van der Waals surface area contributed by atoms with Gasteiger partial charge in [0.2, 0.25) is 0 Å². The van der Waals surface area contributed by atoms with Crippen LogP contribution in [0.3, 0.4) is 0 Å². The van der Waals surface area contributed by atoms with Crippen molar-refractivity contribution in [2.45, 2.75) is 32.8 Å². The Bertz CT molecular complexity index is 2230. The number of aromatic nitrogens is 3. The normalized spacial score (nSPS) is 14.9. The number of hydrogen-bond donors (Lipinski definition) is 0. The summed E-state index contributed by atoms with van der Waals surface area (Å²) in [5.74, 6) is 1.67. The maximum absolute atomic E-state index is 6.38. The van der Waals surface area contributed by atoms with E-state index >= 15 is 0 Å². The molecule has 49 heavy (non-hydrogen) atoms. The van der Waals surface area contributed by atoms with Gasteiger partial charge in [0.15, 0.2) is 0 Å². The third-order valence-corrected chi connectivity index (χ3v) is 9.70. The van der Waals surface area contributed by atoms with E-state index in [4.69, 9.17) is 23.9 Å². The topological polar surface area (TPSA) is 59.7 Å². The Morgan fingerprint density at radius 3 is 1.49 bits per heavy atom. The molecule has 240 valence electrons. The van der Waals surface area contributed by atoms with E-state index in [2.05, 4.69) is 100 Å². The minimum absolute atomic E-state index is 0.413. The fourth-order valence-corrected chi connectivity index (χ4v) is 7.37. The van der Waals surface area contributed by atoms with Gasteiger partial charge < -0.3 is 28.1 Å². The van der Waals surface area contributed by atoms with Gasteiger partial charge in [0.1, 0.15) is 11.5 Å². The van der Waals surface area contributed by atoms with Crippen LogP contribution >= 0.6 is 0 Å². The van der Waals surface area contributed by atoms with Gasteiger partial charge in [-0.05, 0) is 114 Å². The van der Waals surface area contributed by atoms with Gasteiger partial charge in [-0.1, -0.05) is 18.2 Å². The molecule has 0 aliphatic carbocycles. The first-order valence-electron chi connectivity index (χ1n) is 16.9. The zero-order chi connectivity index (χ0) is 32.3. The SMILES string of the molecule is c1cc2c3cc1COCc1ccc4c(c1)c1nc5ccc1n4-c1ccc(cc1)OCCCOc1ccc(cc1)-n2c1ccc(cc31)COC5. The van der Waals surface area contributed by atoms with Gasteiger partial charge in [0.25, 0.3) is 0 Å². The Morgan fingerprint density at radius 2 is 0.918 bits per heavy atom. The molecule has 0 fully saturated rings. The average Bonchev–Trinajstić information content (AvgIpc) is 3.63. The molecule has 0 amide bonds. The minimum atomic E-state index is 0.413. The number of rotatable bonds is 0. The lowest BCUT2D eigenvalue weighted by molar-refractivity contribution is 0.105. The number of ether oxygens (including phenoxy) is 4. The lowest BCUT2D eigenvalue weighted by atomic mass is 10.1. The molecule has 3 aromatic heterocycles. The van der Waals surface area contributed by atoms with Crippen LogP contribution in [-0.2, 0) is 35.9 Å². The highest BCUT2D eigenvalue weighted by molar-refractivity contribution is 6.10. The summed E-state index contributed by atoms with van der Waals surface area (Å²) in [5.41, 5.74) is 11.8. The quantitative estimate of drug-likeness (QED) is 0.165. The van der Waals surface area contributed by atoms with E-state index < -0.39 is 0 Å². The predicted molar refractivity (Wildman–Crippen MR) is 192 cm³/mol. The maximum atomic E-state index is 6.38. The Hall–Kier alpha value is -5.63. The molecule has 7 heteroatoms. The van der Waals surface area contributed by atoms with Crippen LogP contribution in [0.1, 0.15) is 28.8 Å². The average molecular weight is 644 g/mol. The van der Waals surface area contributed by atoms with Crippen LogP contribution in [0.15, 0.2) is 115 Å². The van der Waals surface area contributed by atoms with E-state index in [0.29, 0.717) is 39.6 Å². The molecule has 16 heterocycles. The molecule has 18 bridgehead atoms. The maximum Gasteiger partial charge on any atom is 0.119 e. The third kappa shape index (κ3) is 4.93. The summed E-state index contributed by atoms with van der Waals surface area (Å²) in [7, 11) is 0. The molecule has 7 nitrogen and oxygen atoms in total. The number of benzene rings is 5. The van der Waals surface area contributed by atoms with Crippen molar-refractivity contribution >= 4 is 43.7 Å². The second-order valence-electron chi connectivity index (χ2n) is 12.9. The summed E-state index contributed by atoms with van der Waals surface area (Å²) in [6, 6.07) is 40.8. The van der Waals surface area contributed by atoms with Crippen molar-refractivity contribution in [3.8, 4) is 22.9 Å². The number of pyridine rings is 1. The van der Waals surface area contributed by atoms with Crippen LogP contribution in [0.2, 0.25) is 0 Å². The first kappa shape index (κ1) is 28.4. The van der Waals surface area contributed by atoms with Gasteiger partial charge in [0, 0.05) is 34.0 Å². The summed E-state index contributed by atoms with van der Waals surface area (Å²) in [6.07, 6.45) is 0.775. The lowest BCUT2D eigenvalue weighted by Crippen LogP contribution is -2.05. The molecule has 0 saturated carbocycles. The van der Waals surface area contributed by atoms with Crippen molar-refractivity contribution in [3.05, 3.63) is 138 Å². The molecular weight excluding hydrogens is 610 g/mol. The fraction of sp³-hybridized carbons (Fsp3) is 0.167. The molecule has 13 aliphatic heterocycles. The predicted octanol–water partition coefficient (Wildman–Crippen LogP) is 9.18. The molecule has 0 saturated heterocycles. The molecule has 0 unspecified atom stereocenters. The van der Waals surface area contributed by atoms with Crippen LogP contribution in [0.5, 0.6) is 11.5 Å². The fourth-order valence-electron chi connectivity index (χ4n) is 7.37. The second kappa shape index (κ2) is 11.5. The van der Waals surface area contributed by atoms with Crippen molar-refractivity contribution in [1.82, 2.24) is 14.1 Å². The first-order valence-corrected chi connectivity index (χ1v) is 16.9. The van der Waals surface area contributed by atoms with Crippen LogP contribution in [0.4, 0.5) is 0 Å². The first-order chi connectivity index (χ1) is 24.2. The highest BCUT2D eigenvalue weighted by atomic mass is 16.5. The van der Waals surface area contributed by atoms with Crippen molar-refractivity contribution in [2.24, 2.45) is 0 Å². The molecule has 21 rings (SSSR count). The van der Waals surface area contributed by atoms with Gasteiger partial charge >= 0.3 is 0 Å². The van der Waals surface area contributed by atoms with E-state index in [-0.39, 0.29) is 0 Å². The van der Waals surface area contributed by atoms with Gasteiger partial charge in [-0.25, -0.2) is 4.98 Å². The summed E-state index contributed by atoms with van der Waals surface area (Å²) in [6.45, 7) is 3.04. The highest BCUT2D eigenvalue weighted by Gasteiger charge is 2.17. The Morgan fingerprint density at radius 1 is 0.449 bits per heavy atom. The molecule has 0 spiro atoms. The van der Waals surface area contributed by atoms with Gasteiger partial charge in [-0.3, -0.25) is 0 Å². The molecule has 0 radical (unpaired) electrons. The zero-order valence-electron chi connectivity index (χ0n) is 26.9. The third-order valence-electron chi connectivity index (χ3n) is 9.70. The molecule has 0 N–H and O–H groups in total. The van der Waals surface area contributed by atoms with E-state index in [1.807, 2.05) is 24.3 Å². The Labute approximate surface area is 282 Å². The summed E-state index contributed by atoms with van der Waals surface area (Å²) >= 11 is 0. The van der Waals surface area contributed by atoms with E-state index in [1.165, 1.54) is 10.8 Å². The number of hydrogen-bond acceptors (Lipinski definition) is 5. The van der Waals surface area contributed by atoms with Gasteiger partial charge in [0.05, 0.1) is 72.9 Å². The smallest absolute Gasteiger partial charge is 0.119 e. The Balaban J connectivity index is 1.16. The highest BCUT2D eigenvalue weighted by Crippen LogP contribution is 2.36. The molecule has 8 aromatic rings. The van der Waals surface area contributed by atoms with Crippen molar-refractivity contribution in [2.75, 3.05) is 13.2 Å². The Kier molecular flexibility index (Phi) is 6.67. The van der Waals surface area contributed by atoms with E-state index in [9.17, 15) is 0 Å². The largest absolute Gasteiger partial charge is 0.493 e. The zero-order valence-corrected chi connectivity index (χ0v) is 26.9. The van der Waals surface area contributed by atoms with Crippen molar-refractivity contribution in [3.63, 3.8) is 0 Å². The summed E-state index contributed by atoms with van der Waals surface area (Å²) < 4.78 is 29.5. The van der Waals surface area contributed by atoms with Crippen LogP contribution in [0.25, 0.3) is 55.1 Å². The van der Waals surface area contributed by atoms with Gasteiger partial charge in [-0.2, -0.15) is 0 Å². The molecular formula is C42H33N3O4. The second-order valence-corrected chi connectivity index (χ2v) is 12.9. The summed E-state index contributed by atoms with van der Waals surface area (Å²) in [5, 5.41) is 3.46. The monoisotopic (exact) mass is 643 g/mol. The lowest BCUT2D eigenvalue weighted by Gasteiger charge is -2.12. The van der Waals surface area contributed by atoms with Crippen molar-refractivity contribution < 1.29 is 18.9 Å². The van der Waals surface area contributed by atoms with E-state index in [1.54, 1.807) is 0 Å². The van der Waals surface area contributed by atoms with Crippen molar-refractivity contribution in [1.29, 1.82) is 0 Å². The molecule has 5 aromatic carbocycles. The standard InChI is InChI=1S/C42H33N3O4/c1-18-48-33-10-6-31(7-11-33)44-38-14-2-27-20-35(38)36-21-28(3-15-39(36)44)25-47-26-30-5-17-41-42(43-30)37-22-29(24-46-23-27)4-16-40(37)45(41)32-8-12-34(13-9-32)49-19-1/h2-17,20-22H,1,18-19,23-26H2. The van der Waals surface area contributed by atoms with Gasteiger partial charge in [-0.15, -0.1) is 0 Å². The van der Waals surface area contributed by atoms with Crippen LogP contribution in [-0.4, -0.2) is 27.3 Å².